The fraction of sp³-hybridized carbons (Fsp3) is 0.552. The Morgan fingerprint density at radius 1 is 1.03 bits per heavy atom. The van der Waals surface area contributed by atoms with Gasteiger partial charge in [0.2, 0.25) is 5.91 Å². The molecule has 176 valence electrons. The molecule has 2 aromatic rings. The highest BCUT2D eigenvalue weighted by Gasteiger charge is 2.61. The molecule has 0 radical (unpaired) electrons. The van der Waals surface area contributed by atoms with Crippen LogP contribution in [-0.2, 0) is 10.2 Å². The molecule has 5 nitrogen and oxygen atoms in total. The minimum absolute atomic E-state index is 0.182. The third-order valence-electron chi connectivity index (χ3n) is 9.17. The van der Waals surface area contributed by atoms with Crippen LogP contribution in [0.4, 0.5) is 5.82 Å². The Hall–Kier alpha value is -2.87. The van der Waals surface area contributed by atoms with Crippen LogP contribution in [-0.4, -0.2) is 42.0 Å². The van der Waals surface area contributed by atoms with E-state index in [0.717, 1.165) is 57.7 Å². The molecule has 34 heavy (non-hydrogen) atoms. The summed E-state index contributed by atoms with van der Waals surface area (Å²) in [5, 5.41) is 9.51. The molecule has 4 aliphatic carbocycles. The molecule has 2 unspecified atom stereocenters. The molecule has 0 spiro atoms. The lowest BCUT2D eigenvalue weighted by Crippen LogP contribution is -2.59. The lowest BCUT2D eigenvalue weighted by Gasteiger charge is -2.62. The van der Waals surface area contributed by atoms with Crippen molar-refractivity contribution in [3.8, 4) is 6.07 Å². The number of anilines is 1. The van der Waals surface area contributed by atoms with Crippen LogP contribution >= 0.6 is 0 Å². The van der Waals surface area contributed by atoms with Crippen LogP contribution in [0, 0.1) is 35.5 Å². The van der Waals surface area contributed by atoms with E-state index in [-0.39, 0.29) is 10.8 Å². The Morgan fingerprint density at radius 2 is 1.79 bits per heavy atom. The third kappa shape index (κ3) is 3.50. The van der Waals surface area contributed by atoms with E-state index in [2.05, 4.69) is 52.0 Å². The van der Waals surface area contributed by atoms with Gasteiger partial charge in [-0.05, 0) is 86.8 Å². The first-order valence-corrected chi connectivity index (χ1v) is 13.0. The third-order valence-corrected chi connectivity index (χ3v) is 9.17. The molecule has 2 atom stereocenters. The summed E-state index contributed by atoms with van der Waals surface area (Å²) in [5.74, 6) is 2.53. The van der Waals surface area contributed by atoms with Crippen molar-refractivity contribution < 1.29 is 4.79 Å². The Bertz CT molecular complexity index is 1120. The maximum Gasteiger partial charge on any atom is 0.228 e. The van der Waals surface area contributed by atoms with Gasteiger partial charge in [0, 0.05) is 32.4 Å². The second-order valence-electron chi connectivity index (χ2n) is 11.5. The molecule has 1 aromatic heterocycles. The van der Waals surface area contributed by atoms with Crippen LogP contribution in [0.2, 0.25) is 0 Å². The van der Waals surface area contributed by atoms with Crippen LogP contribution in [0.25, 0.3) is 0 Å². The molecule has 4 saturated carbocycles. The number of pyridine rings is 1. The van der Waals surface area contributed by atoms with Crippen LogP contribution in [0.3, 0.4) is 0 Å². The number of rotatable bonds is 3. The molecule has 4 bridgehead atoms. The Labute approximate surface area is 202 Å². The topological polar surface area (TPSA) is 60.2 Å². The summed E-state index contributed by atoms with van der Waals surface area (Å²) in [5.41, 5.74) is 3.38. The van der Waals surface area contributed by atoms with Crippen molar-refractivity contribution in [2.45, 2.75) is 57.3 Å². The van der Waals surface area contributed by atoms with Crippen molar-refractivity contribution in [1.82, 2.24) is 9.88 Å². The lowest BCUT2D eigenvalue weighted by atomic mass is 9.42. The summed E-state index contributed by atoms with van der Waals surface area (Å²) < 4.78 is 0. The van der Waals surface area contributed by atoms with E-state index in [0.29, 0.717) is 23.3 Å². The van der Waals surface area contributed by atoms with E-state index >= 15 is 0 Å². The number of hydrogen-bond acceptors (Lipinski definition) is 4. The Balaban J connectivity index is 1.24. The van der Waals surface area contributed by atoms with Crippen molar-refractivity contribution in [2.24, 2.45) is 17.3 Å². The van der Waals surface area contributed by atoms with Gasteiger partial charge in [0.05, 0.1) is 11.0 Å². The van der Waals surface area contributed by atoms with Crippen molar-refractivity contribution in [2.75, 3.05) is 31.1 Å². The quantitative estimate of drug-likeness (QED) is 0.666. The Kier molecular flexibility index (Phi) is 5.17. The minimum atomic E-state index is -0.188. The molecular weight excluding hydrogens is 420 g/mol. The van der Waals surface area contributed by atoms with Crippen molar-refractivity contribution in [1.29, 1.82) is 5.26 Å². The van der Waals surface area contributed by atoms with Gasteiger partial charge in [0.15, 0.2) is 0 Å². The summed E-state index contributed by atoms with van der Waals surface area (Å²) in [7, 11) is 0. The maximum atomic E-state index is 14.2. The Morgan fingerprint density at radius 3 is 2.53 bits per heavy atom. The normalized spacial score (nSPS) is 32.4. The molecule has 5 heteroatoms. The van der Waals surface area contributed by atoms with Gasteiger partial charge in [-0.3, -0.25) is 4.79 Å². The van der Waals surface area contributed by atoms with Gasteiger partial charge in [-0.15, -0.1) is 0 Å². The number of aromatic nitrogens is 1. The molecule has 1 saturated heterocycles. The first-order valence-electron chi connectivity index (χ1n) is 13.0. The predicted molar refractivity (Wildman–Crippen MR) is 132 cm³/mol. The number of benzene rings is 1. The van der Waals surface area contributed by atoms with E-state index in [1.807, 2.05) is 12.1 Å². The number of hydrogen-bond donors (Lipinski definition) is 0. The fourth-order valence-electron chi connectivity index (χ4n) is 8.16. The zero-order valence-corrected chi connectivity index (χ0v) is 20.2. The molecular formula is C29H34N4O. The van der Waals surface area contributed by atoms with Gasteiger partial charge in [-0.1, -0.05) is 29.8 Å². The highest BCUT2D eigenvalue weighted by molar-refractivity contribution is 5.84. The van der Waals surface area contributed by atoms with Crippen LogP contribution < -0.4 is 4.90 Å². The lowest BCUT2D eigenvalue weighted by molar-refractivity contribution is -0.160. The number of aryl methyl sites for hydroxylation is 1. The predicted octanol–water partition coefficient (Wildman–Crippen LogP) is 4.84. The zero-order chi connectivity index (χ0) is 23.3. The SMILES string of the molecule is Cc1ccc(C23CC4CC(CC(C(=O)N5CCCN(c6ncccc6C#N)CC5)(C4)C2)C3)cc1. The van der Waals surface area contributed by atoms with Crippen LogP contribution in [0.15, 0.2) is 42.6 Å². The van der Waals surface area contributed by atoms with Crippen molar-refractivity contribution in [3.05, 3.63) is 59.3 Å². The average Bonchev–Trinajstić information content (AvgIpc) is 3.09. The summed E-state index contributed by atoms with van der Waals surface area (Å²) in [6.45, 7) is 5.25. The largest absolute Gasteiger partial charge is 0.354 e. The van der Waals surface area contributed by atoms with Gasteiger partial charge in [-0.2, -0.15) is 5.26 Å². The first-order chi connectivity index (χ1) is 16.5. The standard InChI is InChI=1S/C29H34N4O/c1-21-5-7-25(8-6-21)28-15-22-14-23(16-28)18-29(17-22,20-28)27(34)33-11-3-10-32(12-13-33)26-24(19-30)4-2-9-31-26/h2,4-9,22-23H,3,10-18,20H2,1H3. The van der Waals surface area contributed by atoms with Gasteiger partial charge in [0.1, 0.15) is 11.9 Å². The maximum absolute atomic E-state index is 14.2. The van der Waals surface area contributed by atoms with E-state index in [1.54, 1.807) is 6.20 Å². The molecule has 5 fully saturated rings. The monoisotopic (exact) mass is 454 g/mol. The zero-order valence-electron chi connectivity index (χ0n) is 20.2. The van der Waals surface area contributed by atoms with Crippen molar-refractivity contribution in [3.63, 3.8) is 0 Å². The van der Waals surface area contributed by atoms with E-state index < -0.39 is 0 Å². The molecule has 1 aliphatic heterocycles. The van der Waals surface area contributed by atoms with E-state index in [9.17, 15) is 10.1 Å². The minimum Gasteiger partial charge on any atom is -0.354 e. The van der Waals surface area contributed by atoms with Crippen molar-refractivity contribution >= 4 is 11.7 Å². The van der Waals surface area contributed by atoms with Crippen LogP contribution in [0.5, 0.6) is 0 Å². The van der Waals surface area contributed by atoms with Gasteiger partial charge >= 0.3 is 0 Å². The first kappa shape index (κ1) is 21.6. The molecule has 5 aliphatic rings. The summed E-state index contributed by atoms with van der Waals surface area (Å²) >= 11 is 0. The average molecular weight is 455 g/mol. The summed E-state index contributed by atoms with van der Waals surface area (Å²) in [6, 6.07) is 15.1. The highest BCUT2D eigenvalue weighted by atomic mass is 16.2. The summed E-state index contributed by atoms with van der Waals surface area (Å²) in [4.78, 5) is 23.1. The molecule has 7 rings (SSSR count). The number of amides is 1. The summed E-state index contributed by atoms with van der Waals surface area (Å²) in [6.07, 6.45) is 9.67. The number of nitrogens with zero attached hydrogens (tertiary/aromatic N) is 4. The molecule has 0 N–H and O–H groups in total. The second-order valence-corrected chi connectivity index (χ2v) is 11.5. The molecule has 1 amide bonds. The highest BCUT2D eigenvalue weighted by Crippen LogP contribution is 2.66. The van der Waals surface area contributed by atoms with Crippen LogP contribution in [0.1, 0.15) is 61.6 Å². The molecule has 2 heterocycles. The number of carbonyl (C=O) groups excluding carboxylic acids is 1. The van der Waals surface area contributed by atoms with Gasteiger partial charge in [0.25, 0.3) is 0 Å². The number of nitriles is 1. The van der Waals surface area contributed by atoms with E-state index in [4.69, 9.17) is 0 Å². The number of carbonyl (C=O) groups is 1. The van der Waals surface area contributed by atoms with Gasteiger partial charge in [-0.25, -0.2) is 4.98 Å². The van der Waals surface area contributed by atoms with Gasteiger partial charge < -0.3 is 9.80 Å². The second kappa shape index (κ2) is 8.12. The molecule has 1 aromatic carbocycles. The van der Waals surface area contributed by atoms with E-state index in [1.165, 1.54) is 30.4 Å². The fourth-order valence-corrected chi connectivity index (χ4v) is 8.16. The smallest absolute Gasteiger partial charge is 0.228 e.